The number of carboxylic acid groups (broad SMARTS) is 1. The number of carbonyl (C=O) groups is 1. The quantitative estimate of drug-likeness (QED) is 0.661. The van der Waals surface area contributed by atoms with Gasteiger partial charge in [0.15, 0.2) is 0 Å². The van der Waals surface area contributed by atoms with E-state index in [1.807, 2.05) is 0 Å². The second-order valence-electron chi connectivity index (χ2n) is 3.64. The lowest BCUT2D eigenvalue weighted by atomic mass is 10.1. The molecule has 1 atom stereocenters. The fourth-order valence-electron chi connectivity index (χ4n) is 1.63. The average molecular weight is 186 g/mol. The van der Waals surface area contributed by atoms with Crippen molar-refractivity contribution in [3.05, 3.63) is 0 Å². The number of hydrogen-bond acceptors (Lipinski definition) is 3. The third-order valence-corrected chi connectivity index (χ3v) is 2.52. The van der Waals surface area contributed by atoms with Crippen LogP contribution in [0.5, 0.6) is 0 Å². The summed E-state index contributed by atoms with van der Waals surface area (Å²) >= 11 is 0. The van der Waals surface area contributed by atoms with E-state index in [1.54, 1.807) is 0 Å². The summed E-state index contributed by atoms with van der Waals surface area (Å²) in [5.74, 6) is -0.892. The Morgan fingerprint density at radius 1 is 1.38 bits per heavy atom. The van der Waals surface area contributed by atoms with Gasteiger partial charge in [-0.25, -0.2) is 0 Å². The lowest BCUT2D eigenvalue weighted by Crippen LogP contribution is -2.37. The van der Waals surface area contributed by atoms with Crippen LogP contribution in [0, 0.1) is 0 Å². The molecule has 1 fully saturated rings. The summed E-state index contributed by atoms with van der Waals surface area (Å²) in [5.41, 5.74) is 5.41. The van der Waals surface area contributed by atoms with Gasteiger partial charge in [-0.2, -0.15) is 0 Å². The molecule has 0 saturated carbocycles. The molecule has 0 amide bonds. The van der Waals surface area contributed by atoms with Crippen LogP contribution in [0.2, 0.25) is 0 Å². The van der Waals surface area contributed by atoms with Gasteiger partial charge in [0.05, 0.1) is 0 Å². The third kappa shape index (κ3) is 3.74. The van der Waals surface area contributed by atoms with Crippen molar-refractivity contribution >= 4 is 5.97 Å². The number of aliphatic carboxylic acids is 1. The van der Waals surface area contributed by atoms with E-state index in [4.69, 9.17) is 10.8 Å². The first-order chi connectivity index (χ1) is 6.20. The molecule has 76 valence electrons. The largest absolute Gasteiger partial charge is 0.480 e. The van der Waals surface area contributed by atoms with E-state index in [2.05, 4.69) is 4.90 Å². The first-order valence-electron chi connectivity index (χ1n) is 4.91. The lowest BCUT2D eigenvalue weighted by molar-refractivity contribution is -0.138. The Morgan fingerprint density at radius 2 is 2.00 bits per heavy atom. The lowest BCUT2D eigenvalue weighted by Gasteiger charge is -2.26. The maximum absolute atomic E-state index is 10.4. The van der Waals surface area contributed by atoms with Gasteiger partial charge in [0, 0.05) is 6.54 Å². The van der Waals surface area contributed by atoms with Crippen LogP contribution in [0.3, 0.4) is 0 Å². The van der Waals surface area contributed by atoms with Gasteiger partial charge in [-0.3, -0.25) is 4.79 Å². The molecule has 1 rings (SSSR count). The standard InChI is InChI=1S/C9H18N2O2/c10-8(9(12)13)4-7-11-5-2-1-3-6-11/h8H,1-7,10H2,(H,12,13)/t8-/m1/s1. The Morgan fingerprint density at radius 3 is 2.54 bits per heavy atom. The molecule has 0 aromatic rings. The number of nitrogens with zero attached hydrogens (tertiary/aromatic N) is 1. The van der Waals surface area contributed by atoms with Gasteiger partial charge < -0.3 is 15.7 Å². The zero-order chi connectivity index (χ0) is 9.68. The smallest absolute Gasteiger partial charge is 0.320 e. The zero-order valence-corrected chi connectivity index (χ0v) is 7.91. The van der Waals surface area contributed by atoms with Gasteiger partial charge >= 0.3 is 5.97 Å². The number of rotatable bonds is 4. The maximum Gasteiger partial charge on any atom is 0.320 e. The molecule has 1 aliphatic heterocycles. The van der Waals surface area contributed by atoms with Crippen molar-refractivity contribution in [2.45, 2.75) is 31.7 Å². The minimum Gasteiger partial charge on any atom is -0.480 e. The third-order valence-electron chi connectivity index (χ3n) is 2.52. The van der Waals surface area contributed by atoms with Crippen molar-refractivity contribution < 1.29 is 9.90 Å². The summed E-state index contributed by atoms with van der Waals surface area (Å²) in [5, 5.41) is 8.57. The minimum atomic E-state index is -0.892. The fourth-order valence-corrected chi connectivity index (χ4v) is 1.63. The van der Waals surface area contributed by atoms with Crippen LogP contribution in [0.25, 0.3) is 0 Å². The molecule has 0 unspecified atom stereocenters. The highest BCUT2D eigenvalue weighted by atomic mass is 16.4. The molecule has 0 bridgehead atoms. The van der Waals surface area contributed by atoms with Crippen LogP contribution in [0.1, 0.15) is 25.7 Å². The number of hydrogen-bond donors (Lipinski definition) is 2. The summed E-state index contributed by atoms with van der Waals surface area (Å²) in [6, 6.07) is -0.693. The molecule has 4 nitrogen and oxygen atoms in total. The molecule has 1 aliphatic rings. The molecular weight excluding hydrogens is 168 g/mol. The van der Waals surface area contributed by atoms with Gasteiger partial charge in [0.2, 0.25) is 0 Å². The molecular formula is C9H18N2O2. The highest BCUT2D eigenvalue weighted by molar-refractivity contribution is 5.72. The van der Waals surface area contributed by atoms with E-state index >= 15 is 0 Å². The Labute approximate surface area is 78.7 Å². The summed E-state index contributed by atoms with van der Waals surface area (Å²) in [7, 11) is 0. The van der Waals surface area contributed by atoms with Crippen LogP contribution in [-0.2, 0) is 4.79 Å². The Balaban J connectivity index is 2.13. The van der Waals surface area contributed by atoms with E-state index in [1.165, 1.54) is 19.3 Å². The van der Waals surface area contributed by atoms with Crippen molar-refractivity contribution in [2.24, 2.45) is 5.73 Å². The molecule has 0 spiro atoms. The van der Waals surface area contributed by atoms with Crippen molar-refractivity contribution in [3.63, 3.8) is 0 Å². The summed E-state index contributed by atoms with van der Waals surface area (Å²) in [6.07, 6.45) is 4.35. The first kappa shape index (κ1) is 10.5. The highest BCUT2D eigenvalue weighted by Crippen LogP contribution is 2.08. The molecule has 0 aliphatic carbocycles. The van der Waals surface area contributed by atoms with Gasteiger partial charge in [0.25, 0.3) is 0 Å². The van der Waals surface area contributed by atoms with Gasteiger partial charge in [-0.15, -0.1) is 0 Å². The van der Waals surface area contributed by atoms with E-state index in [-0.39, 0.29) is 0 Å². The molecule has 1 heterocycles. The highest BCUT2D eigenvalue weighted by Gasteiger charge is 2.15. The molecule has 3 N–H and O–H groups in total. The van der Waals surface area contributed by atoms with Crippen LogP contribution < -0.4 is 5.73 Å². The van der Waals surface area contributed by atoms with Crippen molar-refractivity contribution in [2.75, 3.05) is 19.6 Å². The van der Waals surface area contributed by atoms with Crippen molar-refractivity contribution in [1.29, 1.82) is 0 Å². The average Bonchev–Trinajstić information content (AvgIpc) is 2.15. The zero-order valence-electron chi connectivity index (χ0n) is 7.91. The number of likely N-dealkylation sites (tertiary alicyclic amines) is 1. The van der Waals surface area contributed by atoms with E-state index in [0.29, 0.717) is 6.42 Å². The SMILES string of the molecule is N[C@H](CCN1CCCCC1)C(=O)O. The van der Waals surface area contributed by atoms with Crippen LogP contribution >= 0.6 is 0 Å². The van der Waals surface area contributed by atoms with Gasteiger partial charge in [-0.05, 0) is 32.4 Å². The van der Waals surface area contributed by atoms with Crippen molar-refractivity contribution in [1.82, 2.24) is 4.90 Å². The molecule has 0 radical (unpaired) electrons. The summed E-state index contributed by atoms with van der Waals surface area (Å²) in [6.45, 7) is 3.03. The monoisotopic (exact) mass is 186 g/mol. The molecule has 0 aromatic carbocycles. The maximum atomic E-state index is 10.4. The van der Waals surface area contributed by atoms with Gasteiger partial charge in [-0.1, -0.05) is 6.42 Å². The molecule has 1 saturated heterocycles. The summed E-state index contributed by atoms with van der Waals surface area (Å²) in [4.78, 5) is 12.7. The second-order valence-corrected chi connectivity index (χ2v) is 3.64. The first-order valence-corrected chi connectivity index (χ1v) is 4.91. The topological polar surface area (TPSA) is 66.6 Å². The predicted molar refractivity (Wildman–Crippen MR) is 50.5 cm³/mol. The molecule has 0 aromatic heterocycles. The Bertz CT molecular complexity index is 167. The Hall–Kier alpha value is -0.610. The predicted octanol–water partition coefficient (Wildman–Crippen LogP) is 0.274. The number of piperidine rings is 1. The van der Waals surface area contributed by atoms with Crippen LogP contribution in [0.4, 0.5) is 0 Å². The molecule has 4 heteroatoms. The fraction of sp³-hybridized carbons (Fsp3) is 0.889. The summed E-state index contributed by atoms with van der Waals surface area (Å²) < 4.78 is 0. The van der Waals surface area contributed by atoms with E-state index in [9.17, 15) is 4.79 Å². The minimum absolute atomic E-state index is 0.565. The van der Waals surface area contributed by atoms with Crippen LogP contribution in [-0.4, -0.2) is 41.7 Å². The second kappa shape index (κ2) is 5.19. The van der Waals surface area contributed by atoms with E-state index in [0.717, 1.165) is 19.6 Å². The van der Waals surface area contributed by atoms with Crippen LogP contribution in [0.15, 0.2) is 0 Å². The van der Waals surface area contributed by atoms with Crippen molar-refractivity contribution in [3.8, 4) is 0 Å². The number of carboxylic acids is 1. The van der Waals surface area contributed by atoms with E-state index < -0.39 is 12.0 Å². The normalized spacial score (nSPS) is 21.3. The Kier molecular flexibility index (Phi) is 4.18. The molecule has 13 heavy (non-hydrogen) atoms. The number of nitrogens with two attached hydrogens (primary N) is 1. The van der Waals surface area contributed by atoms with Gasteiger partial charge in [0.1, 0.15) is 6.04 Å².